The molecule has 0 radical (unpaired) electrons. The van der Waals surface area contributed by atoms with Crippen LogP contribution in [0.3, 0.4) is 0 Å². The van der Waals surface area contributed by atoms with Gasteiger partial charge in [-0.2, -0.15) is 0 Å². The number of hydrogen-bond donors (Lipinski definition) is 1. The molecule has 1 aromatic heterocycles. The maximum absolute atomic E-state index is 12.5. The van der Waals surface area contributed by atoms with E-state index >= 15 is 0 Å². The maximum Gasteiger partial charge on any atom is 0.573 e. The number of para-hydroxylation sites is 1. The maximum atomic E-state index is 12.5. The summed E-state index contributed by atoms with van der Waals surface area (Å²) in [5, 5.41) is 2.68. The molecule has 1 amide bonds. The number of rotatable bonds is 5. The quantitative estimate of drug-likeness (QED) is 0.661. The van der Waals surface area contributed by atoms with Gasteiger partial charge in [-0.05, 0) is 48.4 Å². The highest BCUT2D eigenvalue weighted by atomic mass is 19.4. The molecule has 4 nitrogen and oxygen atoms in total. The normalized spacial score (nSPS) is 11.1. The molecule has 0 saturated carbocycles. The second-order valence-corrected chi connectivity index (χ2v) is 6.14. The monoisotopic (exact) mass is 386 g/mol. The first-order chi connectivity index (χ1) is 13.3. The lowest BCUT2D eigenvalue weighted by molar-refractivity contribution is -0.274. The lowest BCUT2D eigenvalue weighted by Crippen LogP contribution is -2.20. The van der Waals surface area contributed by atoms with Crippen molar-refractivity contribution in [3.8, 4) is 16.9 Å². The van der Waals surface area contributed by atoms with E-state index in [-0.39, 0.29) is 17.7 Å². The Morgan fingerprint density at radius 3 is 2.43 bits per heavy atom. The summed E-state index contributed by atoms with van der Waals surface area (Å²) in [6, 6.07) is 16.6. The molecule has 28 heavy (non-hydrogen) atoms. The fourth-order valence-electron chi connectivity index (χ4n) is 2.72. The highest BCUT2D eigenvalue weighted by molar-refractivity contribution is 5.92. The van der Waals surface area contributed by atoms with Gasteiger partial charge in [0.05, 0.1) is 6.42 Å². The highest BCUT2D eigenvalue weighted by Gasteiger charge is 2.32. The molecule has 0 aliphatic carbocycles. The van der Waals surface area contributed by atoms with E-state index < -0.39 is 12.3 Å². The first-order valence-corrected chi connectivity index (χ1v) is 8.47. The Morgan fingerprint density at radius 2 is 1.75 bits per heavy atom. The van der Waals surface area contributed by atoms with Crippen LogP contribution in [0.25, 0.3) is 11.1 Å². The Bertz CT molecular complexity index is 970. The Balaban J connectivity index is 1.67. The van der Waals surface area contributed by atoms with Gasteiger partial charge in [0.25, 0.3) is 0 Å². The third-order valence-corrected chi connectivity index (χ3v) is 3.95. The molecule has 0 atom stereocenters. The zero-order chi connectivity index (χ0) is 20.1. The molecular formula is C21H17F3N2O2. The number of nitrogens with zero attached hydrogens (tertiary/aromatic N) is 1. The molecule has 0 fully saturated rings. The van der Waals surface area contributed by atoms with Crippen LogP contribution in [-0.2, 0) is 11.2 Å². The summed E-state index contributed by atoms with van der Waals surface area (Å²) in [7, 11) is 0. The Kier molecular flexibility index (Phi) is 5.63. The van der Waals surface area contributed by atoms with Crippen LogP contribution in [0.2, 0.25) is 0 Å². The largest absolute Gasteiger partial charge is 0.573 e. The van der Waals surface area contributed by atoms with Crippen LogP contribution in [0.4, 0.5) is 18.9 Å². The summed E-state index contributed by atoms with van der Waals surface area (Å²) in [4.78, 5) is 16.4. The molecule has 2 aromatic carbocycles. The number of carbonyl (C=O) groups excluding carboxylic acids is 1. The number of hydrogen-bond acceptors (Lipinski definition) is 3. The zero-order valence-corrected chi connectivity index (χ0v) is 15.0. The van der Waals surface area contributed by atoms with Gasteiger partial charge in [0, 0.05) is 23.1 Å². The van der Waals surface area contributed by atoms with Gasteiger partial charge in [-0.1, -0.05) is 30.3 Å². The number of halogens is 3. The molecular weight excluding hydrogens is 369 g/mol. The number of carbonyl (C=O) groups is 1. The van der Waals surface area contributed by atoms with Crippen molar-refractivity contribution in [2.45, 2.75) is 19.7 Å². The fraction of sp³-hybridized carbons (Fsp3) is 0.143. The van der Waals surface area contributed by atoms with Crippen molar-refractivity contribution in [3.63, 3.8) is 0 Å². The molecule has 3 aromatic rings. The predicted molar refractivity (Wildman–Crippen MR) is 99.9 cm³/mol. The third kappa shape index (κ3) is 5.33. The van der Waals surface area contributed by atoms with Crippen molar-refractivity contribution in [2.75, 3.05) is 5.32 Å². The van der Waals surface area contributed by atoms with Gasteiger partial charge in [-0.15, -0.1) is 13.2 Å². The molecule has 0 unspecified atom stereocenters. The van der Waals surface area contributed by atoms with E-state index in [1.807, 2.05) is 31.2 Å². The Morgan fingerprint density at radius 1 is 1.04 bits per heavy atom. The smallest absolute Gasteiger partial charge is 0.405 e. The van der Waals surface area contributed by atoms with Gasteiger partial charge in [0.2, 0.25) is 5.91 Å². The topological polar surface area (TPSA) is 51.2 Å². The minimum atomic E-state index is -4.81. The molecule has 0 aliphatic rings. The van der Waals surface area contributed by atoms with E-state index in [2.05, 4.69) is 15.0 Å². The van der Waals surface area contributed by atoms with Gasteiger partial charge in [0.15, 0.2) is 0 Å². The van der Waals surface area contributed by atoms with Crippen LogP contribution in [0.1, 0.15) is 11.3 Å². The number of amides is 1. The number of alkyl halides is 3. The van der Waals surface area contributed by atoms with Gasteiger partial charge in [-0.3, -0.25) is 9.78 Å². The van der Waals surface area contributed by atoms with Gasteiger partial charge in [0.1, 0.15) is 5.75 Å². The molecule has 0 bridgehead atoms. The molecule has 0 saturated heterocycles. The van der Waals surface area contributed by atoms with Crippen LogP contribution >= 0.6 is 0 Å². The molecule has 7 heteroatoms. The van der Waals surface area contributed by atoms with Gasteiger partial charge < -0.3 is 10.1 Å². The van der Waals surface area contributed by atoms with Crippen molar-refractivity contribution in [1.82, 2.24) is 4.98 Å². The predicted octanol–water partition coefficient (Wildman–Crippen LogP) is 5.14. The summed E-state index contributed by atoms with van der Waals surface area (Å²) in [6.07, 6.45) is -3.33. The van der Waals surface area contributed by atoms with Crippen LogP contribution < -0.4 is 10.1 Å². The molecule has 0 spiro atoms. The fourth-order valence-corrected chi connectivity index (χ4v) is 2.72. The number of anilines is 1. The highest BCUT2D eigenvalue weighted by Crippen LogP contribution is 2.27. The van der Waals surface area contributed by atoms with E-state index in [1.165, 1.54) is 18.2 Å². The minimum absolute atomic E-state index is 0.154. The van der Waals surface area contributed by atoms with Gasteiger partial charge in [-0.25, -0.2) is 0 Å². The van der Waals surface area contributed by atoms with Crippen molar-refractivity contribution >= 4 is 11.6 Å². The summed E-state index contributed by atoms with van der Waals surface area (Å²) in [6.45, 7) is 1.90. The summed E-state index contributed by atoms with van der Waals surface area (Å²) < 4.78 is 41.4. The van der Waals surface area contributed by atoms with Crippen molar-refractivity contribution in [3.05, 3.63) is 78.1 Å². The standard InChI is InChI=1S/C21H17F3N2O2/c1-14-12-16(10-11-25-14)15-6-8-18(9-7-15)26-20(27)13-17-4-2-3-5-19(17)28-21(22,23)24/h2-12H,13H2,1H3,(H,26,27). The second-order valence-electron chi connectivity index (χ2n) is 6.14. The Hall–Kier alpha value is -3.35. The number of benzene rings is 2. The molecule has 0 aliphatic heterocycles. The molecule has 144 valence electrons. The number of aromatic nitrogens is 1. The molecule has 3 rings (SSSR count). The van der Waals surface area contributed by atoms with Crippen molar-refractivity contribution in [1.29, 1.82) is 0 Å². The first-order valence-electron chi connectivity index (χ1n) is 8.47. The summed E-state index contributed by atoms with van der Waals surface area (Å²) in [5.74, 6) is -0.820. The van der Waals surface area contributed by atoms with Crippen molar-refractivity contribution in [2.24, 2.45) is 0 Å². The first kappa shape index (κ1) is 19.4. The number of pyridine rings is 1. The average molecular weight is 386 g/mol. The van der Waals surface area contributed by atoms with Gasteiger partial charge >= 0.3 is 6.36 Å². The zero-order valence-electron chi connectivity index (χ0n) is 15.0. The van der Waals surface area contributed by atoms with Crippen molar-refractivity contribution < 1.29 is 22.7 Å². The second kappa shape index (κ2) is 8.12. The SMILES string of the molecule is Cc1cc(-c2ccc(NC(=O)Cc3ccccc3OC(F)(F)F)cc2)ccn1. The van der Waals surface area contributed by atoms with E-state index in [1.54, 1.807) is 24.4 Å². The van der Waals surface area contributed by atoms with Crippen LogP contribution in [0.15, 0.2) is 66.9 Å². The van der Waals surface area contributed by atoms with E-state index in [4.69, 9.17) is 0 Å². The van der Waals surface area contributed by atoms with Crippen LogP contribution in [0.5, 0.6) is 5.75 Å². The summed E-state index contributed by atoms with van der Waals surface area (Å²) in [5.41, 5.74) is 3.57. The van der Waals surface area contributed by atoms with Crippen LogP contribution in [-0.4, -0.2) is 17.3 Å². The number of ether oxygens (including phenoxy) is 1. The van der Waals surface area contributed by atoms with E-state index in [9.17, 15) is 18.0 Å². The molecule has 1 heterocycles. The minimum Gasteiger partial charge on any atom is -0.405 e. The number of nitrogens with one attached hydrogen (secondary N) is 1. The third-order valence-electron chi connectivity index (χ3n) is 3.95. The average Bonchev–Trinajstić information content (AvgIpc) is 2.63. The van der Waals surface area contributed by atoms with E-state index in [0.717, 1.165) is 16.8 Å². The molecule has 1 N–H and O–H groups in total. The summed E-state index contributed by atoms with van der Waals surface area (Å²) >= 11 is 0. The lowest BCUT2D eigenvalue weighted by atomic mass is 10.1. The lowest BCUT2D eigenvalue weighted by Gasteiger charge is -2.13. The number of aryl methyl sites for hydroxylation is 1. The Labute approximate surface area is 160 Å². The van der Waals surface area contributed by atoms with E-state index in [0.29, 0.717) is 5.69 Å². The van der Waals surface area contributed by atoms with Crippen LogP contribution in [0, 0.1) is 6.92 Å².